The van der Waals surface area contributed by atoms with Gasteiger partial charge >= 0.3 is 47.8 Å². The Bertz CT molecular complexity index is 2060. The zero-order valence-electron chi connectivity index (χ0n) is 35.6. The van der Waals surface area contributed by atoms with Crippen molar-refractivity contribution in [2.45, 2.75) is 117 Å². The van der Waals surface area contributed by atoms with Gasteiger partial charge in [-0.3, -0.25) is 47.9 Å². The quantitative estimate of drug-likeness (QED) is 0.163. The molecule has 22 nitrogen and oxygen atoms in total. The lowest BCUT2D eigenvalue weighted by Crippen LogP contribution is -2.63. The van der Waals surface area contributed by atoms with E-state index in [1.165, 1.54) is 24.3 Å². The minimum Gasteiger partial charge on any atom is -0.463 e. The molecule has 22 heteroatoms. The SMILES string of the molecule is CC(=O)OC[C@H]1O[C@@H](Oc2ccc(O[C@@H]3O[C@H](COC(C)=O)[C@H](OC(C)=O)[C@H](OC(C)=O)[C@H]3OC(C)=O)c3c2C(=O)c2ccccc2C3=O)[C@H](OC(C)=O)[C@@H](OC(C)=O)[C@H]1OC(C)=O. The molecule has 0 N–H and O–H groups in total. The second-order valence-electron chi connectivity index (χ2n) is 14.4. The lowest BCUT2D eigenvalue weighted by molar-refractivity contribution is -0.289. The first-order valence-corrected chi connectivity index (χ1v) is 19.5. The molecule has 2 saturated heterocycles. The summed E-state index contributed by atoms with van der Waals surface area (Å²) >= 11 is 0. The zero-order valence-corrected chi connectivity index (χ0v) is 35.6. The van der Waals surface area contributed by atoms with Crippen molar-refractivity contribution in [2.24, 2.45) is 0 Å². The maximum absolute atomic E-state index is 14.5. The zero-order chi connectivity index (χ0) is 47.2. The van der Waals surface area contributed by atoms with Gasteiger partial charge < -0.3 is 56.8 Å². The summed E-state index contributed by atoms with van der Waals surface area (Å²) in [6, 6.07) is 8.01. The van der Waals surface area contributed by atoms with Gasteiger partial charge in [-0.25, -0.2) is 0 Å². The molecule has 0 bridgehead atoms. The van der Waals surface area contributed by atoms with E-state index in [-0.39, 0.29) is 11.1 Å². The second-order valence-corrected chi connectivity index (χ2v) is 14.4. The van der Waals surface area contributed by atoms with Crippen LogP contribution in [0.25, 0.3) is 0 Å². The molecule has 3 aliphatic rings. The standard InChI is InChI=1S/C42H44O22/c1-17(43)53-15-29-35(55-19(3)45)37(57-21(5)47)39(59-23(7)49)41(63-29)61-27-13-14-28(32-31(27)33(51)25-11-9-10-12-26(25)34(32)52)62-42-40(60-24(8)50)38(58-22(6)48)36(56-20(4)46)30(64-42)16-54-18(2)44/h9-14,29-30,35-42H,15-16H2,1-8H3/t29-,30-,35+,36+,37+,38+,39-,40-,41-,42-/m1/s1. The Kier molecular flexibility index (Phi) is 15.4. The molecule has 0 saturated carbocycles. The largest absolute Gasteiger partial charge is 0.463 e. The number of rotatable bonds is 14. The first kappa shape index (κ1) is 48.1. The monoisotopic (exact) mass is 900 g/mol. The van der Waals surface area contributed by atoms with Gasteiger partial charge in [0.15, 0.2) is 36.0 Å². The van der Waals surface area contributed by atoms with E-state index in [0.717, 1.165) is 67.5 Å². The van der Waals surface area contributed by atoms with E-state index in [2.05, 4.69) is 0 Å². The molecule has 0 aromatic heterocycles. The Balaban J connectivity index is 1.67. The third-order valence-corrected chi connectivity index (χ3v) is 9.38. The van der Waals surface area contributed by atoms with Crippen molar-refractivity contribution in [1.82, 2.24) is 0 Å². The maximum atomic E-state index is 14.5. The van der Waals surface area contributed by atoms with Crippen molar-refractivity contribution >= 4 is 59.3 Å². The molecule has 10 atom stereocenters. The van der Waals surface area contributed by atoms with E-state index in [0.29, 0.717) is 0 Å². The Hall–Kier alpha value is -6.94. The number of benzene rings is 2. The van der Waals surface area contributed by atoms with Gasteiger partial charge in [0.1, 0.15) is 36.9 Å². The van der Waals surface area contributed by atoms with Gasteiger partial charge in [-0.15, -0.1) is 0 Å². The fourth-order valence-corrected chi connectivity index (χ4v) is 7.18. The average molecular weight is 901 g/mol. The van der Waals surface area contributed by atoms with Crippen LogP contribution in [0, 0.1) is 0 Å². The normalized spacial score (nSPS) is 25.8. The van der Waals surface area contributed by atoms with E-state index >= 15 is 0 Å². The summed E-state index contributed by atoms with van der Waals surface area (Å²) in [5.41, 5.74) is -1.09. The van der Waals surface area contributed by atoms with Crippen LogP contribution >= 0.6 is 0 Å². The van der Waals surface area contributed by atoms with E-state index in [4.69, 9.17) is 56.8 Å². The average Bonchev–Trinajstić information content (AvgIpc) is 3.19. The number of carbonyl (C=O) groups excluding carboxylic acids is 10. The van der Waals surface area contributed by atoms with Crippen molar-refractivity contribution in [1.29, 1.82) is 0 Å². The first-order chi connectivity index (χ1) is 30.2. The van der Waals surface area contributed by atoms with E-state index in [1.54, 1.807) is 0 Å². The van der Waals surface area contributed by atoms with Crippen LogP contribution in [0.1, 0.15) is 87.2 Å². The fraction of sp³-hybridized carbons (Fsp3) is 0.476. The van der Waals surface area contributed by atoms with Crippen molar-refractivity contribution in [3.63, 3.8) is 0 Å². The summed E-state index contributed by atoms with van der Waals surface area (Å²) in [6.45, 7) is 7.08. The highest BCUT2D eigenvalue weighted by molar-refractivity contribution is 6.30. The van der Waals surface area contributed by atoms with Crippen LogP contribution in [-0.2, 0) is 85.7 Å². The van der Waals surface area contributed by atoms with Crippen LogP contribution in [0.15, 0.2) is 36.4 Å². The predicted octanol–water partition coefficient (Wildman–Crippen LogP) is 1.39. The highest BCUT2D eigenvalue weighted by Crippen LogP contribution is 2.42. The molecule has 2 heterocycles. The minimum absolute atomic E-state index is 0.0872. The molecule has 2 aromatic carbocycles. The molecule has 2 aliphatic heterocycles. The number of ketones is 2. The van der Waals surface area contributed by atoms with Gasteiger partial charge in [0, 0.05) is 66.5 Å². The number of fused-ring (bicyclic) bond motifs is 2. The van der Waals surface area contributed by atoms with Crippen LogP contribution in [0.4, 0.5) is 0 Å². The summed E-state index contributed by atoms with van der Waals surface area (Å²) in [6.07, 6.45) is -16.5. The highest BCUT2D eigenvalue weighted by Gasteiger charge is 2.55. The van der Waals surface area contributed by atoms with Gasteiger partial charge in [-0.1, -0.05) is 24.3 Å². The fourth-order valence-electron chi connectivity index (χ4n) is 7.18. The predicted molar refractivity (Wildman–Crippen MR) is 205 cm³/mol. The van der Waals surface area contributed by atoms with Crippen molar-refractivity contribution < 1.29 is 105 Å². The van der Waals surface area contributed by atoms with Crippen LogP contribution in [0.2, 0.25) is 0 Å². The summed E-state index contributed by atoms with van der Waals surface area (Å²) in [5.74, 6) is -9.51. The second kappa shape index (κ2) is 20.5. The summed E-state index contributed by atoms with van der Waals surface area (Å²) in [7, 11) is 0. The molecule has 0 amide bonds. The topological polar surface area (TPSA) is 281 Å². The molecule has 2 aromatic rings. The van der Waals surface area contributed by atoms with E-state index in [9.17, 15) is 47.9 Å². The van der Waals surface area contributed by atoms with Crippen molar-refractivity contribution in [2.75, 3.05) is 13.2 Å². The van der Waals surface area contributed by atoms with Gasteiger partial charge in [0.05, 0.1) is 11.1 Å². The summed E-state index contributed by atoms with van der Waals surface area (Å²) in [5, 5.41) is 0. The highest BCUT2D eigenvalue weighted by atomic mass is 16.7. The third-order valence-electron chi connectivity index (χ3n) is 9.38. The smallest absolute Gasteiger partial charge is 0.303 e. The molecule has 2 fully saturated rings. The Morgan fingerprint density at radius 2 is 0.719 bits per heavy atom. The number of ether oxygens (including phenoxy) is 12. The maximum Gasteiger partial charge on any atom is 0.303 e. The van der Waals surface area contributed by atoms with Crippen molar-refractivity contribution in [3.05, 3.63) is 58.7 Å². The van der Waals surface area contributed by atoms with Crippen LogP contribution < -0.4 is 9.47 Å². The third kappa shape index (κ3) is 11.4. The molecule has 0 spiro atoms. The first-order valence-electron chi connectivity index (χ1n) is 19.5. The van der Waals surface area contributed by atoms with Crippen LogP contribution in [0.3, 0.4) is 0 Å². The van der Waals surface area contributed by atoms with Crippen molar-refractivity contribution in [3.8, 4) is 11.5 Å². The molecule has 344 valence electrons. The minimum atomic E-state index is -1.85. The van der Waals surface area contributed by atoms with Gasteiger partial charge in [0.2, 0.25) is 24.8 Å². The molecular weight excluding hydrogens is 856 g/mol. The summed E-state index contributed by atoms with van der Waals surface area (Å²) < 4.78 is 67.8. The van der Waals surface area contributed by atoms with Gasteiger partial charge in [-0.05, 0) is 12.1 Å². The Morgan fingerprint density at radius 1 is 0.422 bits per heavy atom. The Labute approximate surface area is 363 Å². The van der Waals surface area contributed by atoms with E-state index in [1.807, 2.05) is 0 Å². The molecule has 64 heavy (non-hydrogen) atoms. The van der Waals surface area contributed by atoms with Crippen LogP contribution in [-0.4, -0.2) is 134 Å². The number of esters is 8. The lowest BCUT2D eigenvalue weighted by atomic mass is 9.83. The lowest BCUT2D eigenvalue weighted by Gasteiger charge is -2.44. The number of carbonyl (C=O) groups is 10. The van der Waals surface area contributed by atoms with E-state index < -0.39 is 157 Å². The Morgan fingerprint density at radius 3 is 1.02 bits per heavy atom. The molecule has 5 rings (SSSR count). The molecule has 0 unspecified atom stereocenters. The molecular formula is C42H44O22. The number of hydrogen-bond acceptors (Lipinski definition) is 22. The van der Waals surface area contributed by atoms with Gasteiger partial charge in [0.25, 0.3) is 0 Å². The van der Waals surface area contributed by atoms with Gasteiger partial charge in [-0.2, -0.15) is 0 Å². The van der Waals surface area contributed by atoms with Crippen LogP contribution in [0.5, 0.6) is 11.5 Å². The summed E-state index contributed by atoms with van der Waals surface area (Å²) in [4.78, 5) is 127. The molecule has 1 aliphatic carbocycles. The molecule has 0 radical (unpaired) electrons. The number of hydrogen-bond donors (Lipinski definition) is 0.